The van der Waals surface area contributed by atoms with Crippen molar-refractivity contribution in [3.63, 3.8) is 0 Å². The molecule has 1 aliphatic rings. The molecule has 1 aliphatic heterocycles. The van der Waals surface area contributed by atoms with Gasteiger partial charge in [-0.15, -0.1) is 0 Å². The molecule has 20 heavy (non-hydrogen) atoms. The van der Waals surface area contributed by atoms with Gasteiger partial charge in [0.15, 0.2) is 0 Å². The van der Waals surface area contributed by atoms with Gasteiger partial charge in [-0.25, -0.2) is 4.79 Å². The molecule has 0 radical (unpaired) electrons. The molecule has 2 unspecified atom stereocenters. The van der Waals surface area contributed by atoms with Gasteiger partial charge in [-0.2, -0.15) is 0 Å². The van der Waals surface area contributed by atoms with Crippen molar-refractivity contribution in [2.45, 2.75) is 18.9 Å². The Balaban J connectivity index is 2.01. The molecule has 2 atom stereocenters. The maximum Gasteiger partial charge on any atom is 0.323 e. The molecule has 0 amide bonds. The maximum absolute atomic E-state index is 11.4. The number of fused-ring (bicyclic) bond motifs is 1. The summed E-state index contributed by atoms with van der Waals surface area (Å²) in [6.45, 7) is 1.64. The quantitative estimate of drug-likeness (QED) is 0.803. The number of benzene rings is 1. The normalized spacial score (nSPS) is 21.2. The molecule has 1 fully saturated rings. The van der Waals surface area contributed by atoms with E-state index in [1.807, 2.05) is 19.2 Å². The second-order valence-electron chi connectivity index (χ2n) is 5.24. The maximum atomic E-state index is 11.4. The van der Waals surface area contributed by atoms with Gasteiger partial charge in [0, 0.05) is 23.0 Å². The molecule has 2 aromatic rings. The number of hydrogen-bond acceptors (Lipinski definition) is 3. The van der Waals surface area contributed by atoms with Crippen LogP contribution in [0.5, 0.6) is 0 Å². The zero-order chi connectivity index (χ0) is 14.1. The van der Waals surface area contributed by atoms with E-state index >= 15 is 0 Å². The van der Waals surface area contributed by atoms with Crippen LogP contribution in [-0.4, -0.2) is 30.2 Å². The van der Waals surface area contributed by atoms with E-state index in [0.29, 0.717) is 5.92 Å². The van der Waals surface area contributed by atoms with Gasteiger partial charge in [-0.05, 0) is 37.6 Å². The SMILES string of the molecule is CNC(c1cc2[nH]c(=O)[nH]c2cc1Br)C1CCCOC1. The third-order valence-corrected chi connectivity index (χ3v) is 4.63. The van der Waals surface area contributed by atoms with Gasteiger partial charge in [-0.1, -0.05) is 15.9 Å². The highest BCUT2D eigenvalue weighted by atomic mass is 79.9. The molecule has 0 bridgehead atoms. The van der Waals surface area contributed by atoms with Gasteiger partial charge in [0.2, 0.25) is 0 Å². The number of aromatic nitrogens is 2. The fraction of sp³-hybridized carbons (Fsp3) is 0.500. The van der Waals surface area contributed by atoms with Crippen LogP contribution in [0, 0.1) is 5.92 Å². The van der Waals surface area contributed by atoms with Crippen molar-refractivity contribution >= 4 is 27.0 Å². The number of hydrogen-bond donors (Lipinski definition) is 3. The Morgan fingerprint density at radius 2 is 2.15 bits per heavy atom. The van der Waals surface area contributed by atoms with Crippen molar-refractivity contribution < 1.29 is 4.74 Å². The topological polar surface area (TPSA) is 69.9 Å². The molecule has 1 aromatic carbocycles. The van der Waals surface area contributed by atoms with Crippen LogP contribution in [0.1, 0.15) is 24.4 Å². The Kier molecular flexibility index (Phi) is 3.96. The highest BCUT2D eigenvalue weighted by Crippen LogP contribution is 2.34. The lowest BCUT2D eigenvalue weighted by molar-refractivity contribution is 0.0401. The summed E-state index contributed by atoms with van der Waals surface area (Å²) in [6.07, 6.45) is 2.25. The smallest absolute Gasteiger partial charge is 0.323 e. The van der Waals surface area contributed by atoms with Gasteiger partial charge in [0.1, 0.15) is 0 Å². The predicted octanol–water partition coefficient (Wildman–Crippen LogP) is 2.31. The number of H-pyrrole nitrogens is 2. The van der Waals surface area contributed by atoms with Crippen molar-refractivity contribution in [2.24, 2.45) is 5.92 Å². The third kappa shape index (κ3) is 2.55. The first kappa shape index (κ1) is 13.9. The van der Waals surface area contributed by atoms with E-state index in [-0.39, 0.29) is 11.7 Å². The van der Waals surface area contributed by atoms with E-state index in [1.165, 1.54) is 0 Å². The molecule has 0 saturated carbocycles. The second kappa shape index (κ2) is 5.71. The van der Waals surface area contributed by atoms with Crippen molar-refractivity contribution in [3.8, 4) is 0 Å². The van der Waals surface area contributed by atoms with E-state index in [9.17, 15) is 4.79 Å². The molecule has 6 heteroatoms. The zero-order valence-corrected chi connectivity index (χ0v) is 12.9. The average molecular weight is 340 g/mol. The minimum Gasteiger partial charge on any atom is -0.381 e. The van der Waals surface area contributed by atoms with Crippen LogP contribution in [0.15, 0.2) is 21.4 Å². The van der Waals surface area contributed by atoms with Gasteiger partial charge in [0.25, 0.3) is 0 Å². The third-order valence-electron chi connectivity index (χ3n) is 3.95. The predicted molar refractivity (Wildman–Crippen MR) is 82.0 cm³/mol. The van der Waals surface area contributed by atoms with Crippen molar-refractivity contribution in [2.75, 3.05) is 20.3 Å². The monoisotopic (exact) mass is 339 g/mol. The largest absolute Gasteiger partial charge is 0.381 e. The highest BCUT2D eigenvalue weighted by molar-refractivity contribution is 9.10. The summed E-state index contributed by atoms with van der Waals surface area (Å²) >= 11 is 3.62. The summed E-state index contributed by atoms with van der Waals surface area (Å²) in [4.78, 5) is 17.0. The zero-order valence-electron chi connectivity index (χ0n) is 11.3. The van der Waals surface area contributed by atoms with Crippen molar-refractivity contribution in [1.82, 2.24) is 15.3 Å². The molecular weight excluding hydrogens is 322 g/mol. The summed E-state index contributed by atoms with van der Waals surface area (Å²) in [5.74, 6) is 0.452. The number of imidazole rings is 1. The number of nitrogens with one attached hydrogen (secondary N) is 3. The minimum atomic E-state index is -0.175. The van der Waals surface area contributed by atoms with Crippen molar-refractivity contribution in [3.05, 3.63) is 32.7 Å². The van der Waals surface area contributed by atoms with E-state index in [2.05, 4.69) is 31.2 Å². The summed E-state index contributed by atoms with van der Waals surface area (Å²) in [6, 6.07) is 4.21. The fourth-order valence-electron chi connectivity index (χ4n) is 2.98. The minimum absolute atomic E-state index is 0.175. The summed E-state index contributed by atoms with van der Waals surface area (Å²) in [5, 5.41) is 3.39. The van der Waals surface area contributed by atoms with Crippen LogP contribution in [0.25, 0.3) is 11.0 Å². The Hall–Kier alpha value is -1.11. The van der Waals surface area contributed by atoms with Crippen LogP contribution in [0.4, 0.5) is 0 Å². The number of ether oxygens (including phenoxy) is 1. The van der Waals surface area contributed by atoms with Gasteiger partial charge >= 0.3 is 5.69 Å². The lowest BCUT2D eigenvalue weighted by Gasteiger charge is -2.31. The van der Waals surface area contributed by atoms with Crippen LogP contribution >= 0.6 is 15.9 Å². The van der Waals surface area contributed by atoms with Gasteiger partial charge in [-0.3, -0.25) is 0 Å². The summed E-state index contributed by atoms with van der Waals surface area (Å²) in [7, 11) is 1.97. The lowest BCUT2D eigenvalue weighted by Crippen LogP contribution is -2.31. The number of rotatable bonds is 3. The second-order valence-corrected chi connectivity index (χ2v) is 6.10. The van der Waals surface area contributed by atoms with Gasteiger partial charge in [0.05, 0.1) is 17.6 Å². The number of halogens is 1. The van der Waals surface area contributed by atoms with E-state index < -0.39 is 0 Å². The highest BCUT2D eigenvalue weighted by Gasteiger charge is 2.26. The molecule has 1 aromatic heterocycles. The molecule has 5 nitrogen and oxygen atoms in total. The molecular formula is C14H18BrN3O2. The lowest BCUT2D eigenvalue weighted by atomic mass is 9.88. The van der Waals surface area contributed by atoms with E-state index in [1.54, 1.807) is 0 Å². The fourth-order valence-corrected chi connectivity index (χ4v) is 3.57. The first-order valence-electron chi connectivity index (χ1n) is 6.85. The first-order chi connectivity index (χ1) is 9.69. The molecule has 108 valence electrons. The molecule has 0 aliphatic carbocycles. The Morgan fingerprint density at radius 1 is 1.40 bits per heavy atom. The van der Waals surface area contributed by atoms with Crippen molar-refractivity contribution in [1.29, 1.82) is 0 Å². The number of aromatic amines is 2. The van der Waals surface area contributed by atoms with Gasteiger partial charge < -0.3 is 20.0 Å². The summed E-state index contributed by atoms with van der Waals surface area (Å²) < 4.78 is 6.60. The van der Waals surface area contributed by atoms with Crippen LogP contribution in [-0.2, 0) is 4.74 Å². The molecule has 0 spiro atoms. The average Bonchev–Trinajstić information content (AvgIpc) is 2.80. The first-order valence-corrected chi connectivity index (χ1v) is 7.65. The Labute approximate surface area is 125 Å². The Morgan fingerprint density at radius 3 is 2.80 bits per heavy atom. The van der Waals surface area contributed by atoms with E-state index in [0.717, 1.165) is 47.1 Å². The molecule has 3 rings (SSSR count). The Bertz CT molecular complexity index is 658. The van der Waals surface area contributed by atoms with Crippen LogP contribution in [0.3, 0.4) is 0 Å². The standard InChI is InChI=1S/C14H18BrN3O2/c1-16-13(8-3-2-4-20-7-8)9-5-11-12(6-10(9)15)18-14(19)17-11/h5-6,8,13,16H,2-4,7H2,1H3,(H2,17,18,19). The van der Waals surface area contributed by atoms with E-state index in [4.69, 9.17) is 4.74 Å². The van der Waals surface area contributed by atoms with Crippen LogP contribution in [0.2, 0.25) is 0 Å². The van der Waals surface area contributed by atoms with Crippen LogP contribution < -0.4 is 11.0 Å². The molecule has 2 heterocycles. The summed E-state index contributed by atoms with van der Waals surface area (Å²) in [5.41, 5.74) is 2.64. The molecule has 1 saturated heterocycles. The molecule has 3 N–H and O–H groups in total.